The lowest BCUT2D eigenvalue weighted by molar-refractivity contribution is -0.134. The largest absolute Gasteiger partial charge is 0.423 e. The van der Waals surface area contributed by atoms with Gasteiger partial charge in [0.15, 0.2) is 17.3 Å². The fourth-order valence-corrected chi connectivity index (χ4v) is 3.23. The Labute approximate surface area is 163 Å². The summed E-state index contributed by atoms with van der Waals surface area (Å²) in [5.41, 5.74) is 0.567. The van der Waals surface area contributed by atoms with Gasteiger partial charge in [0.2, 0.25) is 0 Å². The Balaban J connectivity index is 0.00000261. The summed E-state index contributed by atoms with van der Waals surface area (Å²) in [7, 11) is 0. The van der Waals surface area contributed by atoms with Crippen LogP contribution in [0.2, 0.25) is 0 Å². The van der Waals surface area contributed by atoms with Crippen molar-refractivity contribution in [1.82, 2.24) is 4.90 Å². The number of ether oxygens (including phenoxy) is 2. The van der Waals surface area contributed by atoms with Crippen molar-refractivity contribution in [2.45, 2.75) is 26.7 Å². The van der Waals surface area contributed by atoms with Crippen molar-refractivity contribution < 1.29 is 23.9 Å². The third-order valence-corrected chi connectivity index (χ3v) is 4.32. The van der Waals surface area contributed by atoms with Crippen molar-refractivity contribution >= 4 is 40.9 Å². The highest BCUT2D eigenvalue weighted by Gasteiger charge is 2.20. The minimum atomic E-state index is -0.529. The van der Waals surface area contributed by atoms with Crippen molar-refractivity contribution in [3.8, 4) is 11.5 Å². The van der Waals surface area contributed by atoms with Crippen LogP contribution in [0.5, 0.6) is 11.5 Å². The van der Waals surface area contributed by atoms with Gasteiger partial charge in [-0.15, -0.1) is 12.4 Å². The van der Waals surface area contributed by atoms with Gasteiger partial charge in [-0.2, -0.15) is 0 Å². The minimum absolute atomic E-state index is 0. The monoisotopic (exact) mass is 391 g/mol. The number of ketones is 1. The van der Waals surface area contributed by atoms with Crippen molar-refractivity contribution in [2.75, 3.05) is 19.6 Å². The van der Waals surface area contributed by atoms with Gasteiger partial charge in [0.25, 0.3) is 0 Å². The molecule has 2 aromatic rings. The van der Waals surface area contributed by atoms with Gasteiger partial charge >= 0.3 is 11.9 Å². The van der Waals surface area contributed by atoms with Crippen molar-refractivity contribution in [1.29, 1.82) is 0 Å². The number of Topliss-reactive ketones (excluding diaryl/α,β-unsaturated/α-hetero) is 1. The van der Waals surface area contributed by atoms with E-state index < -0.39 is 11.9 Å². The lowest BCUT2D eigenvalue weighted by Gasteiger charge is -2.15. The van der Waals surface area contributed by atoms with Crippen LogP contribution >= 0.6 is 12.4 Å². The number of esters is 2. The molecule has 0 atom stereocenters. The summed E-state index contributed by atoms with van der Waals surface area (Å²) in [6, 6.07) is 8.59. The number of fused-ring (bicyclic) bond motifs is 1. The van der Waals surface area contributed by atoms with Crippen LogP contribution in [-0.2, 0) is 9.59 Å². The molecule has 1 heterocycles. The van der Waals surface area contributed by atoms with E-state index in [2.05, 4.69) is 4.90 Å². The Kier molecular flexibility index (Phi) is 6.93. The minimum Gasteiger partial charge on any atom is -0.423 e. The number of nitrogens with zero attached hydrogens (tertiary/aromatic N) is 1. The first-order valence-electron chi connectivity index (χ1n) is 8.63. The van der Waals surface area contributed by atoms with Crippen LogP contribution in [0.3, 0.4) is 0 Å². The van der Waals surface area contributed by atoms with Crippen LogP contribution in [0, 0.1) is 0 Å². The van der Waals surface area contributed by atoms with Gasteiger partial charge < -0.3 is 9.47 Å². The molecule has 6 nitrogen and oxygen atoms in total. The molecule has 27 heavy (non-hydrogen) atoms. The van der Waals surface area contributed by atoms with E-state index in [9.17, 15) is 14.4 Å². The summed E-state index contributed by atoms with van der Waals surface area (Å²) >= 11 is 0. The number of carbonyl (C=O) groups excluding carboxylic acids is 3. The number of carbonyl (C=O) groups is 3. The summed E-state index contributed by atoms with van der Waals surface area (Å²) in [5, 5.41) is 1.41. The van der Waals surface area contributed by atoms with Crippen LogP contribution in [-0.4, -0.2) is 42.3 Å². The molecular weight excluding hydrogens is 370 g/mol. The molecule has 0 amide bonds. The highest BCUT2D eigenvalue weighted by Crippen LogP contribution is 2.34. The molecule has 0 bridgehead atoms. The number of rotatable bonds is 5. The second kappa shape index (κ2) is 8.97. The molecular formula is C20H22ClNO5. The molecule has 2 aromatic carbocycles. The van der Waals surface area contributed by atoms with E-state index in [0.717, 1.165) is 31.3 Å². The first-order chi connectivity index (χ1) is 12.4. The maximum atomic E-state index is 12.8. The molecule has 7 heteroatoms. The van der Waals surface area contributed by atoms with Gasteiger partial charge in [-0.25, -0.2) is 0 Å². The lowest BCUT2D eigenvalue weighted by Crippen LogP contribution is -2.26. The van der Waals surface area contributed by atoms with Gasteiger partial charge in [-0.3, -0.25) is 19.3 Å². The molecule has 0 saturated carbocycles. The molecule has 0 radical (unpaired) electrons. The maximum absolute atomic E-state index is 12.8. The molecule has 1 aliphatic rings. The van der Waals surface area contributed by atoms with Gasteiger partial charge in [-0.1, -0.05) is 18.2 Å². The summed E-state index contributed by atoms with van der Waals surface area (Å²) in [6.45, 7) is 4.79. The van der Waals surface area contributed by atoms with Crippen LogP contribution in [0.25, 0.3) is 10.8 Å². The SMILES string of the molecule is CC(=O)Oc1cc2cccc(C(=O)CN3CCCC3)c2cc1OC(C)=O.Cl. The zero-order chi connectivity index (χ0) is 18.7. The maximum Gasteiger partial charge on any atom is 0.308 e. The molecule has 1 saturated heterocycles. The summed E-state index contributed by atoms with van der Waals surface area (Å²) in [6.07, 6.45) is 2.23. The molecule has 144 valence electrons. The van der Waals surface area contributed by atoms with Gasteiger partial charge in [0, 0.05) is 19.4 Å². The predicted octanol–water partition coefficient (Wildman–Crippen LogP) is 3.39. The van der Waals surface area contributed by atoms with Crippen molar-refractivity contribution in [3.05, 3.63) is 35.9 Å². The molecule has 0 aliphatic carbocycles. The quantitative estimate of drug-likeness (QED) is 0.442. The van der Waals surface area contributed by atoms with Gasteiger partial charge in [-0.05, 0) is 48.8 Å². The molecule has 0 spiro atoms. The fraction of sp³-hybridized carbons (Fsp3) is 0.350. The molecule has 0 N–H and O–H groups in total. The normalized spacial score (nSPS) is 13.9. The molecule has 0 unspecified atom stereocenters. The average molecular weight is 392 g/mol. The van der Waals surface area contributed by atoms with Crippen molar-refractivity contribution in [2.24, 2.45) is 0 Å². The second-order valence-corrected chi connectivity index (χ2v) is 6.42. The highest BCUT2D eigenvalue weighted by molar-refractivity contribution is 6.09. The van der Waals surface area contributed by atoms with Crippen LogP contribution in [0.1, 0.15) is 37.0 Å². The van der Waals surface area contributed by atoms with E-state index in [0.29, 0.717) is 17.5 Å². The smallest absolute Gasteiger partial charge is 0.308 e. The molecule has 0 aromatic heterocycles. The fourth-order valence-electron chi connectivity index (χ4n) is 3.23. The first kappa shape index (κ1) is 20.9. The number of benzene rings is 2. The van der Waals surface area contributed by atoms with Gasteiger partial charge in [0.05, 0.1) is 6.54 Å². The third-order valence-electron chi connectivity index (χ3n) is 4.32. The van der Waals surface area contributed by atoms with Crippen LogP contribution in [0.15, 0.2) is 30.3 Å². The summed E-state index contributed by atoms with van der Waals surface area (Å²) in [4.78, 5) is 37.6. The Morgan fingerprint density at radius 3 is 2.15 bits per heavy atom. The Bertz CT molecular complexity index is 874. The Morgan fingerprint density at radius 2 is 1.56 bits per heavy atom. The second-order valence-electron chi connectivity index (χ2n) is 6.42. The zero-order valence-electron chi connectivity index (χ0n) is 15.3. The van der Waals surface area contributed by atoms with Gasteiger partial charge in [0.1, 0.15) is 0 Å². The lowest BCUT2D eigenvalue weighted by atomic mass is 10.0. The van der Waals surface area contributed by atoms with Crippen LogP contribution < -0.4 is 9.47 Å². The zero-order valence-corrected chi connectivity index (χ0v) is 16.1. The summed E-state index contributed by atoms with van der Waals surface area (Å²) in [5.74, 6) is -0.741. The number of hydrogen-bond acceptors (Lipinski definition) is 6. The van der Waals surface area contributed by atoms with E-state index in [-0.39, 0.29) is 29.7 Å². The van der Waals surface area contributed by atoms with Crippen molar-refractivity contribution in [3.63, 3.8) is 0 Å². The van der Waals surface area contributed by atoms with E-state index in [1.54, 1.807) is 24.3 Å². The first-order valence-corrected chi connectivity index (χ1v) is 8.63. The predicted molar refractivity (Wildman–Crippen MR) is 104 cm³/mol. The molecule has 1 fully saturated rings. The van der Waals surface area contributed by atoms with E-state index in [1.165, 1.54) is 13.8 Å². The third kappa shape index (κ3) is 5.05. The number of likely N-dealkylation sites (tertiary alicyclic amines) is 1. The highest BCUT2D eigenvalue weighted by atomic mass is 35.5. The summed E-state index contributed by atoms with van der Waals surface area (Å²) < 4.78 is 10.3. The van der Waals surface area contributed by atoms with E-state index in [1.807, 2.05) is 6.07 Å². The Hall–Kier alpha value is -2.44. The van der Waals surface area contributed by atoms with E-state index in [4.69, 9.17) is 9.47 Å². The Morgan fingerprint density at radius 1 is 0.963 bits per heavy atom. The number of hydrogen-bond donors (Lipinski definition) is 0. The number of halogens is 1. The molecule has 1 aliphatic heterocycles. The average Bonchev–Trinajstić information content (AvgIpc) is 3.06. The van der Waals surface area contributed by atoms with E-state index >= 15 is 0 Å². The van der Waals surface area contributed by atoms with Crippen LogP contribution in [0.4, 0.5) is 0 Å². The molecule has 3 rings (SSSR count). The standard InChI is InChI=1S/C20H21NO5.ClH/c1-13(22)25-19-10-15-6-5-7-16(17(15)11-20(19)26-14(2)23)18(24)12-21-8-3-4-9-21;/h5-7,10-11H,3-4,8-9,12H2,1-2H3;1H. The topological polar surface area (TPSA) is 72.9 Å².